The molecule has 1 aromatic carbocycles. The van der Waals surface area contributed by atoms with E-state index in [1.165, 1.54) is 0 Å². The first kappa shape index (κ1) is 15.2. The number of nitro benzene ring substituents is 1. The molecule has 0 saturated carbocycles. The molecule has 2 rings (SSSR count). The van der Waals surface area contributed by atoms with E-state index in [0.717, 1.165) is 12.1 Å². The zero-order valence-electron chi connectivity index (χ0n) is 11.2. The summed E-state index contributed by atoms with van der Waals surface area (Å²) in [6.07, 6.45) is 1.30. The smallest absolute Gasteiger partial charge is 0.338 e. The van der Waals surface area contributed by atoms with Crippen molar-refractivity contribution in [3.8, 4) is 0 Å². The molecule has 0 radical (unpaired) electrons. The Labute approximate surface area is 119 Å². The predicted octanol–water partition coefficient (Wildman–Crippen LogP) is 1.64. The van der Waals surface area contributed by atoms with Crippen LogP contribution in [0, 0.1) is 21.8 Å². The number of hydrogen-bond donors (Lipinski definition) is 2. The minimum atomic E-state index is -1.54. The third-order valence-electron chi connectivity index (χ3n) is 3.70. The normalized spacial score (nSPS) is 16.0. The van der Waals surface area contributed by atoms with Crippen molar-refractivity contribution < 1.29 is 24.3 Å². The average molecular weight is 298 g/mol. The van der Waals surface area contributed by atoms with Gasteiger partial charge in [-0.1, -0.05) is 0 Å². The molecule has 0 bridgehead atoms. The first-order chi connectivity index (χ1) is 9.93. The molecular formula is C13H15FN2O5. The Balaban J connectivity index is 2.37. The van der Waals surface area contributed by atoms with Gasteiger partial charge in [0.05, 0.1) is 4.92 Å². The first-order valence-electron chi connectivity index (χ1n) is 6.51. The molecule has 114 valence electrons. The predicted molar refractivity (Wildman–Crippen MR) is 72.0 cm³/mol. The largest absolute Gasteiger partial charge is 0.478 e. The summed E-state index contributed by atoms with van der Waals surface area (Å²) in [5.74, 6) is -2.39. The first-order valence-corrected chi connectivity index (χ1v) is 6.51. The molecule has 8 heteroatoms. The van der Waals surface area contributed by atoms with Gasteiger partial charge in [-0.15, -0.1) is 0 Å². The summed E-state index contributed by atoms with van der Waals surface area (Å²) in [7, 11) is 0. The molecule has 0 spiro atoms. The molecule has 0 amide bonds. The third-order valence-corrected chi connectivity index (χ3v) is 3.70. The summed E-state index contributed by atoms with van der Waals surface area (Å²) in [6, 6.07) is 1.66. The minimum absolute atomic E-state index is 0.0578. The zero-order chi connectivity index (χ0) is 15.6. The summed E-state index contributed by atoms with van der Waals surface area (Å²) >= 11 is 0. The lowest BCUT2D eigenvalue weighted by atomic mass is 9.97. The van der Waals surface area contributed by atoms with Crippen LogP contribution in [0.5, 0.6) is 0 Å². The number of piperidine rings is 1. The fraction of sp³-hybridized carbons (Fsp3) is 0.462. The standard InChI is InChI=1S/C13H15FN2O5/c14-10-6-11(15-3-1-8(7-17)2-4-15)12(16(20)21)5-9(10)13(18)19/h5-6,8,17H,1-4,7H2,(H,18,19). The SMILES string of the molecule is O=C(O)c1cc([N+](=O)[O-])c(N2CCC(CO)CC2)cc1F. The van der Waals surface area contributed by atoms with Gasteiger partial charge in [-0.2, -0.15) is 0 Å². The molecule has 1 aliphatic rings. The van der Waals surface area contributed by atoms with E-state index in [1.807, 2.05) is 0 Å². The molecule has 0 aromatic heterocycles. The monoisotopic (exact) mass is 298 g/mol. The summed E-state index contributed by atoms with van der Waals surface area (Å²) in [6.45, 7) is 0.970. The Morgan fingerprint density at radius 2 is 2.05 bits per heavy atom. The van der Waals surface area contributed by atoms with Crippen molar-refractivity contribution in [3.63, 3.8) is 0 Å². The summed E-state index contributed by atoms with van der Waals surface area (Å²) in [5.41, 5.74) is -1.05. The van der Waals surface area contributed by atoms with Crippen LogP contribution in [0.15, 0.2) is 12.1 Å². The third kappa shape index (κ3) is 3.10. The molecule has 1 fully saturated rings. The van der Waals surface area contributed by atoms with Crippen molar-refractivity contribution >= 4 is 17.3 Å². The van der Waals surface area contributed by atoms with Gasteiger partial charge in [0, 0.05) is 31.8 Å². The Morgan fingerprint density at radius 1 is 1.43 bits per heavy atom. The number of carboxylic acid groups (broad SMARTS) is 1. The van der Waals surface area contributed by atoms with Crippen molar-refractivity contribution in [3.05, 3.63) is 33.6 Å². The van der Waals surface area contributed by atoms with E-state index in [1.54, 1.807) is 4.90 Å². The van der Waals surface area contributed by atoms with Gasteiger partial charge in [0.15, 0.2) is 0 Å². The maximum absolute atomic E-state index is 13.8. The van der Waals surface area contributed by atoms with E-state index in [-0.39, 0.29) is 18.2 Å². The Hall–Kier alpha value is -2.22. The molecule has 0 unspecified atom stereocenters. The maximum Gasteiger partial charge on any atom is 0.338 e. The van der Waals surface area contributed by atoms with E-state index in [9.17, 15) is 19.3 Å². The van der Waals surface area contributed by atoms with Gasteiger partial charge in [-0.05, 0) is 18.8 Å². The highest BCUT2D eigenvalue weighted by Gasteiger charge is 2.28. The van der Waals surface area contributed by atoms with E-state index in [0.29, 0.717) is 25.9 Å². The number of aliphatic hydroxyl groups excluding tert-OH is 1. The van der Waals surface area contributed by atoms with Crippen LogP contribution in [-0.2, 0) is 0 Å². The average Bonchev–Trinajstić information content (AvgIpc) is 2.46. The van der Waals surface area contributed by atoms with Crippen LogP contribution < -0.4 is 4.90 Å². The van der Waals surface area contributed by atoms with E-state index < -0.39 is 28.0 Å². The lowest BCUT2D eigenvalue weighted by Gasteiger charge is -2.32. The number of anilines is 1. The van der Waals surface area contributed by atoms with Crippen LogP contribution >= 0.6 is 0 Å². The van der Waals surface area contributed by atoms with Crippen LogP contribution in [0.2, 0.25) is 0 Å². The quantitative estimate of drug-likeness (QED) is 0.647. The zero-order valence-corrected chi connectivity index (χ0v) is 11.2. The molecule has 1 heterocycles. The Kier molecular flexibility index (Phi) is 4.37. The van der Waals surface area contributed by atoms with Gasteiger partial charge in [0.2, 0.25) is 0 Å². The molecular weight excluding hydrogens is 283 g/mol. The van der Waals surface area contributed by atoms with Gasteiger partial charge in [0.25, 0.3) is 5.69 Å². The molecule has 21 heavy (non-hydrogen) atoms. The van der Waals surface area contributed by atoms with Gasteiger partial charge < -0.3 is 15.1 Å². The molecule has 1 aliphatic heterocycles. The second-order valence-electron chi connectivity index (χ2n) is 5.00. The molecule has 7 nitrogen and oxygen atoms in total. The molecule has 2 N–H and O–H groups in total. The van der Waals surface area contributed by atoms with E-state index in [2.05, 4.69) is 0 Å². The van der Waals surface area contributed by atoms with Crippen molar-refractivity contribution in [2.45, 2.75) is 12.8 Å². The summed E-state index contributed by atoms with van der Waals surface area (Å²) < 4.78 is 13.8. The lowest BCUT2D eigenvalue weighted by molar-refractivity contribution is -0.384. The van der Waals surface area contributed by atoms with Gasteiger partial charge in [-0.3, -0.25) is 10.1 Å². The van der Waals surface area contributed by atoms with Crippen LogP contribution in [-0.4, -0.2) is 40.8 Å². The van der Waals surface area contributed by atoms with Crippen LogP contribution in [0.25, 0.3) is 0 Å². The number of rotatable bonds is 4. The number of hydrogen-bond acceptors (Lipinski definition) is 5. The Morgan fingerprint density at radius 3 is 2.52 bits per heavy atom. The van der Waals surface area contributed by atoms with Crippen LogP contribution in [0.4, 0.5) is 15.8 Å². The number of nitro groups is 1. The fourth-order valence-corrected chi connectivity index (χ4v) is 2.47. The van der Waals surface area contributed by atoms with Gasteiger partial charge in [0.1, 0.15) is 17.1 Å². The summed E-state index contributed by atoms with van der Waals surface area (Å²) in [5, 5.41) is 29.0. The fourth-order valence-electron chi connectivity index (χ4n) is 2.47. The van der Waals surface area contributed by atoms with Crippen molar-refractivity contribution in [1.82, 2.24) is 0 Å². The van der Waals surface area contributed by atoms with Crippen molar-refractivity contribution in [1.29, 1.82) is 0 Å². The summed E-state index contributed by atoms with van der Waals surface area (Å²) in [4.78, 5) is 22.9. The number of carbonyl (C=O) groups is 1. The number of aliphatic hydroxyl groups is 1. The van der Waals surface area contributed by atoms with Crippen LogP contribution in [0.3, 0.4) is 0 Å². The van der Waals surface area contributed by atoms with Crippen molar-refractivity contribution in [2.75, 3.05) is 24.6 Å². The molecule has 1 saturated heterocycles. The minimum Gasteiger partial charge on any atom is -0.478 e. The van der Waals surface area contributed by atoms with E-state index in [4.69, 9.17) is 10.2 Å². The number of carboxylic acids is 1. The lowest BCUT2D eigenvalue weighted by Crippen LogP contribution is -2.35. The number of aromatic carboxylic acids is 1. The van der Waals surface area contributed by atoms with Gasteiger partial charge >= 0.3 is 5.97 Å². The van der Waals surface area contributed by atoms with Crippen LogP contribution in [0.1, 0.15) is 23.2 Å². The maximum atomic E-state index is 13.8. The van der Waals surface area contributed by atoms with Crippen molar-refractivity contribution in [2.24, 2.45) is 5.92 Å². The van der Waals surface area contributed by atoms with E-state index >= 15 is 0 Å². The second kappa shape index (κ2) is 6.04. The number of benzene rings is 1. The molecule has 0 aliphatic carbocycles. The second-order valence-corrected chi connectivity index (χ2v) is 5.00. The number of nitrogens with zero attached hydrogens (tertiary/aromatic N) is 2. The highest BCUT2D eigenvalue weighted by Crippen LogP contribution is 2.33. The Bertz CT molecular complexity index is 570. The number of halogens is 1. The molecule has 1 aromatic rings. The highest BCUT2D eigenvalue weighted by molar-refractivity contribution is 5.90. The van der Waals surface area contributed by atoms with Gasteiger partial charge in [-0.25, -0.2) is 9.18 Å². The highest BCUT2D eigenvalue weighted by atomic mass is 19.1. The topological polar surface area (TPSA) is 104 Å². The molecule has 0 atom stereocenters.